The van der Waals surface area contributed by atoms with Crippen LogP contribution in [0.25, 0.3) is 66.8 Å². The molecule has 0 bridgehead atoms. The second-order valence-corrected chi connectivity index (χ2v) is 13.8. The highest BCUT2D eigenvalue weighted by Crippen LogP contribution is 2.50. The van der Waals surface area contributed by atoms with E-state index in [1.807, 2.05) is 0 Å². The summed E-state index contributed by atoms with van der Waals surface area (Å²) in [7, 11) is 0. The smallest absolute Gasteiger partial charge is 0.0622 e. The Labute approximate surface area is 324 Å². The summed E-state index contributed by atoms with van der Waals surface area (Å²) in [4.78, 5) is 0. The van der Waals surface area contributed by atoms with Crippen LogP contribution in [0.15, 0.2) is 237 Å². The Kier molecular flexibility index (Phi) is 9.54. The van der Waals surface area contributed by atoms with Crippen LogP contribution in [0.2, 0.25) is 0 Å². The van der Waals surface area contributed by atoms with E-state index >= 15 is 0 Å². The molecule has 0 aliphatic rings. The van der Waals surface area contributed by atoms with E-state index in [9.17, 15) is 0 Å². The van der Waals surface area contributed by atoms with Crippen LogP contribution in [0.5, 0.6) is 0 Å². The lowest BCUT2D eigenvalue weighted by atomic mass is 9.73. The lowest BCUT2D eigenvalue weighted by molar-refractivity contribution is 1.23. The molecule has 9 aromatic carbocycles. The third-order valence-electron chi connectivity index (χ3n) is 10.4. The fourth-order valence-electron chi connectivity index (χ4n) is 8.04. The van der Waals surface area contributed by atoms with E-state index in [1.54, 1.807) is 0 Å². The molecule has 0 heterocycles. The summed E-state index contributed by atoms with van der Waals surface area (Å²) < 4.78 is 0. The Morgan fingerprint density at radius 3 is 0.636 bits per heavy atom. The fourth-order valence-corrected chi connectivity index (χ4v) is 8.04. The van der Waals surface area contributed by atoms with Gasteiger partial charge in [0.1, 0.15) is 0 Å². The topological polar surface area (TPSA) is 0 Å². The number of hydrogen-bond acceptors (Lipinski definition) is 0. The molecule has 0 nitrogen and oxygen atoms in total. The monoisotopic (exact) mass is 699 g/mol. The molecule has 0 heteroatoms. The van der Waals surface area contributed by atoms with Crippen LogP contribution in [0, 0.1) is 5.92 Å². The highest BCUT2D eigenvalue weighted by Gasteiger charge is 2.30. The summed E-state index contributed by atoms with van der Waals surface area (Å²) in [6.45, 7) is 0. The van der Waals surface area contributed by atoms with Crippen molar-refractivity contribution in [2.45, 2.75) is 0 Å². The first kappa shape index (κ1) is 33.8. The summed E-state index contributed by atoms with van der Waals surface area (Å²) in [5, 5.41) is 0. The Morgan fingerprint density at radius 1 is 0.182 bits per heavy atom. The Bertz CT molecular complexity index is 2350. The zero-order valence-electron chi connectivity index (χ0n) is 30.5. The molecule has 0 spiro atoms. The molecule has 1 radical (unpaired) electrons. The quantitative estimate of drug-likeness (QED) is 0.132. The van der Waals surface area contributed by atoms with Gasteiger partial charge in [-0.15, -0.1) is 0 Å². The third-order valence-corrected chi connectivity index (χ3v) is 10.4. The third kappa shape index (κ3) is 6.71. The first-order chi connectivity index (χ1) is 27.3. The zero-order chi connectivity index (χ0) is 36.8. The van der Waals surface area contributed by atoms with E-state index in [4.69, 9.17) is 0 Å². The van der Waals surface area contributed by atoms with E-state index in [0.29, 0.717) is 0 Å². The van der Waals surface area contributed by atoms with Gasteiger partial charge in [0, 0.05) is 0 Å². The lowest BCUT2D eigenvalue weighted by Gasteiger charge is -2.29. The molecule has 259 valence electrons. The Hall–Kier alpha value is -7.02. The van der Waals surface area contributed by atoms with Crippen molar-refractivity contribution in [3.63, 3.8) is 0 Å². The molecule has 0 amide bonds. The van der Waals surface area contributed by atoms with E-state index in [1.165, 1.54) is 89.4 Å². The fraction of sp³-hybridized carbons (Fsp3) is 0. The maximum Gasteiger partial charge on any atom is 0.0648 e. The van der Waals surface area contributed by atoms with Crippen LogP contribution in [0.4, 0.5) is 0 Å². The molecular formula is C55H39. The molecule has 0 aliphatic carbocycles. The maximum absolute atomic E-state index is 2.33. The van der Waals surface area contributed by atoms with Gasteiger partial charge in [0.05, 0.1) is 5.92 Å². The molecule has 0 unspecified atom stereocenters. The molecule has 55 heavy (non-hydrogen) atoms. The second kappa shape index (κ2) is 15.5. The van der Waals surface area contributed by atoms with Crippen LogP contribution in [0.3, 0.4) is 0 Å². The van der Waals surface area contributed by atoms with Gasteiger partial charge in [0.25, 0.3) is 0 Å². The predicted octanol–water partition coefficient (Wildman–Crippen LogP) is 14.7. The van der Waals surface area contributed by atoms with Gasteiger partial charge in [0.2, 0.25) is 0 Å². The van der Waals surface area contributed by atoms with E-state index in [-0.39, 0.29) is 0 Å². The Morgan fingerprint density at radius 2 is 0.400 bits per heavy atom. The summed E-state index contributed by atoms with van der Waals surface area (Å²) in [6.07, 6.45) is 0. The summed E-state index contributed by atoms with van der Waals surface area (Å²) in [6, 6.07) is 85.7. The molecule has 0 aromatic heterocycles. The van der Waals surface area contributed by atoms with Crippen molar-refractivity contribution >= 4 is 0 Å². The molecule has 0 atom stereocenters. The van der Waals surface area contributed by atoms with Crippen LogP contribution >= 0.6 is 0 Å². The minimum absolute atomic E-state index is 1.18. The van der Waals surface area contributed by atoms with Crippen molar-refractivity contribution in [3.8, 4) is 66.8 Å². The van der Waals surface area contributed by atoms with Gasteiger partial charge in [-0.2, -0.15) is 0 Å². The first-order valence-electron chi connectivity index (χ1n) is 18.9. The average molecular weight is 700 g/mol. The van der Waals surface area contributed by atoms with E-state index < -0.39 is 0 Å². The molecule has 9 rings (SSSR count). The maximum atomic E-state index is 2.33. The lowest BCUT2D eigenvalue weighted by Crippen LogP contribution is -2.11. The minimum Gasteiger partial charge on any atom is -0.0622 e. The van der Waals surface area contributed by atoms with Gasteiger partial charge in [-0.3, -0.25) is 0 Å². The summed E-state index contributed by atoms with van der Waals surface area (Å²) in [5.74, 6) is 1.19. The standard InChI is InChI=1S/C55H39/c1-7-22-40(23-8-1)46-34-19-37-49(52(46)43-28-13-4-14-29-43)55(50-38-20-35-47(41-24-9-2-10-25-41)53(50)44-30-15-5-16-31-44)51-39-21-36-48(42-26-11-3-12-27-42)54(51)45-32-17-6-18-33-45/h1-39H. The van der Waals surface area contributed by atoms with Gasteiger partial charge >= 0.3 is 0 Å². The van der Waals surface area contributed by atoms with Crippen molar-refractivity contribution in [2.75, 3.05) is 0 Å². The average Bonchev–Trinajstić information content (AvgIpc) is 3.28. The zero-order valence-corrected chi connectivity index (χ0v) is 30.5. The van der Waals surface area contributed by atoms with Gasteiger partial charge in [-0.25, -0.2) is 0 Å². The van der Waals surface area contributed by atoms with Crippen molar-refractivity contribution in [1.29, 1.82) is 0 Å². The number of rotatable bonds is 9. The molecule has 9 aromatic rings. The van der Waals surface area contributed by atoms with Gasteiger partial charge < -0.3 is 0 Å². The second-order valence-electron chi connectivity index (χ2n) is 13.8. The molecule has 0 saturated heterocycles. The summed E-state index contributed by atoms with van der Waals surface area (Å²) >= 11 is 0. The molecule has 0 N–H and O–H groups in total. The van der Waals surface area contributed by atoms with Gasteiger partial charge in [-0.05, 0) is 83.5 Å². The molecule has 0 saturated carbocycles. The number of hydrogen-bond donors (Lipinski definition) is 0. The predicted molar refractivity (Wildman–Crippen MR) is 232 cm³/mol. The van der Waals surface area contributed by atoms with E-state index in [2.05, 4.69) is 237 Å². The van der Waals surface area contributed by atoms with Crippen LogP contribution in [-0.2, 0) is 0 Å². The summed E-state index contributed by atoms with van der Waals surface area (Å²) in [5.41, 5.74) is 17.8. The minimum atomic E-state index is 1.18. The molecule has 0 fully saturated rings. The molecule has 0 aliphatic heterocycles. The normalized spacial score (nSPS) is 11.1. The van der Waals surface area contributed by atoms with Crippen molar-refractivity contribution in [2.24, 2.45) is 0 Å². The van der Waals surface area contributed by atoms with Gasteiger partial charge in [0.15, 0.2) is 0 Å². The van der Waals surface area contributed by atoms with Crippen LogP contribution < -0.4 is 0 Å². The van der Waals surface area contributed by atoms with Crippen LogP contribution in [-0.4, -0.2) is 0 Å². The largest absolute Gasteiger partial charge is 0.0648 e. The number of benzene rings is 9. The SMILES string of the molecule is c1ccc(-c2cccc([C](c3cccc(-c4ccccc4)c3-c3ccccc3)c3cccc(-c4ccccc4)c3-c3ccccc3)c2-c2ccccc2)cc1. The van der Waals surface area contributed by atoms with Crippen molar-refractivity contribution < 1.29 is 0 Å². The Balaban J connectivity index is 1.45. The molecular weight excluding hydrogens is 661 g/mol. The van der Waals surface area contributed by atoms with Crippen LogP contribution in [0.1, 0.15) is 16.7 Å². The van der Waals surface area contributed by atoms with Crippen molar-refractivity contribution in [1.82, 2.24) is 0 Å². The highest BCUT2D eigenvalue weighted by atomic mass is 14.3. The van der Waals surface area contributed by atoms with Gasteiger partial charge in [-0.1, -0.05) is 237 Å². The van der Waals surface area contributed by atoms with Crippen molar-refractivity contribution in [3.05, 3.63) is 259 Å². The first-order valence-corrected chi connectivity index (χ1v) is 18.9. The highest BCUT2D eigenvalue weighted by molar-refractivity contribution is 5.96. The van der Waals surface area contributed by atoms with E-state index in [0.717, 1.165) is 0 Å².